The molecule has 1 atom stereocenters. The molecule has 0 saturated heterocycles. The summed E-state index contributed by atoms with van der Waals surface area (Å²) in [5, 5.41) is 11.8. The lowest BCUT2D eigenvalue weighted by Gasteiger charge is -2.33. The van der Waals surface area contributed by atoms with Gasteiger partial charge in [0.15, 0.2) is 0 Å². The van der Waals surface area contributed by atoms with E-state index in [1.165, 1.54) is 18.2 Å². The number of fused-ring (bicyclic) bond motifs is 1. The molecule has 2 rings (SSSR count). The molecule has 0 aromatic heterocycles. The van der Waals surface area contributed by atoms with Crippen LogP contribution in [0.5, 0.6) is 0 Å². The third-order valence-corrected chi connectivity index (χ3v) is 2.71. The van der Waals surface area contributed by atoms with E-state index >= 15 is 0 Å². The molecule has 0 amide bonds. The Balaban J connectivity index is 0.00000162. The van der Waals surface area contributed by atoms with Crippen LogP contribution in [0, 0.1) is 10.1 Å². The van der Waals surface area contributed by atoms with Crippen molar-refractivity contribution < 1.29 is 4.92 Å². The number of nitro groups is 1. The van der Waals surface area contributed by atoms with E-state index in [1.54, 1.807) is 0 Å². The summed E-state index contributed by atoms with van der Waals surface area (Å²) < 4.78 is 0. The molecule has 0 saturated carbocycles. The molecule has 0 fully saturated rings. The number of nitrogens with two attached hydrogens (primary N) is 4. The maximum Gasteiger partial charge on any atom is 0.269 e. The highest BCUT2D eigenvalue weighted by atomic mass is 35.5. The van der Waals surface area contributed by atoms with Crippen LogP contribution in [-0.4, -0.2) is 9.93 Å². The molecule has 18 heavy (non-hydrogen) atoms. The van der Waals surface area contributed by atoms with Gasteiger partial charge in [0.05, 0.1) is 10.6 Å². The molecule has 1 unspecified atom stereocenters. The van der Waals surface area contributed by atoms with E-state index in [2.05, 4.69) is 0 Å². The van der Waals surface area contributed by atoms with E-state index in [0.29, 0.717) is 11.1 Å². The van der Waals surface area contributed by atoms with Crippen LogP contribution >= 0.6 is 12.4 Å². The number of halogens is 1. The number of hydrazine groups is 1. The maximum absolute atomic E-state index is 10.7. The summed E-state index contributed by atoms with van der Waals surface area (Å²) in [6, 6.07) is 4.21. The van der Waals surface area contributed by atoms with Gasteiger partial charge >= 0.3 is 0 Å². The Morgan fingerprint density at radius 2 is 1.94 bits per heavy atom. The Morgan fingerprint density at radius 3 is 2.50 bits per heavy atom. The average molecular weight is 273 g/mol. The summed E-state index contributed by atoms with van der Waals surface area (Å²) in [4.78, 5) is 10.2. The minimum Gasteiger partial charge on any atom is -0.395 e. The second-order valence-electron chi connectivity index (χ2n) is 3.68. The molecule has 1 aromatic rings. The molecular formula is C9H13ClN6O2. The third kappa shape index (κ3) is 1.92. The van der Waals surface area contributed by atoms with E-state index < -0.39 is 11.1 Å². The van der Waals surface area contributed by atoms with Crippen molar-refractivity contribution >= 4 is 23.8 Å². The van der Waals surface area contributed by atoms with Crippen LogP contribution in [0.2, 0.25) is 0 Å². The number of rotatable bonds is 1. The van der Waals surface area contributed by atoms with Crippen molar-refractivity contribution in [3.63, 3.8) is 0 Å². The van der Waals surface area contributed by atoms with Gasteiger partial charge < -0.3 is 17.2 Å². The topological polar surface area (TPSA) is 150 Å². The largest absolute Gasteiger partial charge is 0.395 e. The summed E-state index contributed by atoms with van der Waals surface area (Å²) in [7, 11) is 0. The molecule has 8 nitrogen and oxygen atoms in total. The van der Waals surface area contributed by atoms with Gasteiger partial charge in [-0.1, -0.05) is 0 Å². The fourth-order valence-electron chi connectivity index (χ4n) is 1.73. The first kappa shape index (κ1) is 14.0. The molecule has 0 bridgehead atoms. The predicted octanol–water partition coefficient (Wildman–Crippen LogP) is -0.293. The average Bonchev–Trinajstić information content (AvgIpc) is 2.32. The first-order chi connectivity index (χ1) is 7.93. The molecular weight excluding hydrogens is 260 g/mol. The van der Waals surface area contributed by atoms with Crippen LogP contribution in [0.15, 0.2) is 24.0 Å². The monoisotopic (exact) mass is 272 g/mol. The molecule has 1 aromatic carbocycles. The van der Waals surface area contributed by atoms with Gasteiger partial charge in [-0.2, -0.15) is 0 Å². The van der Waals surface area contributed by atoms with Gasteiger partial charge in [-0.25, -0.2) is 5.84 Å². The van der Waals surface area contributed by atoms with Gasteiger partial charge in [-0.05, 0) is 6.07 Å². The van der Waals surface area contributed by atoms with Gasteiger partial charge in [0.25, 0.3) is 5.69 Å². The maximum atomic E-state index is 10.7. The lowest BCUT2D eigenvalue weighted by molar-refractivity contribution is -0.385. The Kier molecular flexibility index (Phi) is 3.65. The second-order valence-corrected chi connectivity index (χ2v) is 3.68. The molecule has 1 heterocycles. The second kappa shape index (κ2) is 4.69. The summed E-state index contributed by atoms with van der Waals surface area (Å²) in [6.45, 7) is 0. The van der Waals surface area contributed by atoms with Crippen LogP contribution in [-0.2, 0) is 0 Å². The lowest BCUT2D eigenvalue weighted by Crippen LogP contribution is -2.46. The molecule has 8 N–H and O–H groups in total. The molecule has 9 heteroatoms. The minimum atomic E-state index is -0.753. The summed E-state index contributed by atoms with van der Waals surface area (Å²) in [5.41, 5.74) is 18.5. The smallest absolute Gasteiger partial charge is 0.269 e. The van der Waals surface area contributed by atoms with Crippen LogP contribution in [0.25, 0.3) is 5.70 Å². The molecule has 0 aliphatic carbocycles. The molecule has 0 radical (unpaired) electrons. The molecule has 1 aliphatic rings. The minimum absolute atomic E-state index is 0. The van der Waals surface area contributed by atoms with Gasteiger partial charge in [0.1, 0.15) is 12.0 Å². The number of nitrogens with zero attached hydrogens (tertiary/aromatic N) is 2. The SMILES string of the molecule is Cl.NC1=C(N)N(N)C(N)c2cc([N+](=O)[O-])ccc21. The highest BCUT2D eigenvalue weighted by molar-refractivity contribution is 5.85. The van der Waals surface area contributed by atoms with Crippen molar-refractivity contribution in [3.8, 4) is 0 Å². The fraction of sp³-hybridized carbons (Fsp3) is 0.111. The van der Waals surface area contributed by atoms with E-state index in [9.17, 15) is 10.1 Å². The summed E-state index contributed by atoms with van der Waals surface area (Å²) in [6.07, 6.45) is -0.753. The van der Waals surface area contributed by atoms with Crippen LogP contribution in [0.1, 0.15) is 17.3 Å². The Labute approximate surface area is 109 Å². The standard InChI is InChI=1S/C9H12N6O2.ClH/c10-7-5-2-1-4(15(16)17)3-6(5)8(11)14(13)9(7)12;/h1-3,8H,10-13H2;1H. The molecule has 98 valence electrons. The van der Waals surface area contributed by atoms with Crippen molar-refractivity contribution in [2.24, 2.45) is 23.0 Å². The van der Waals surface area contributed by atoms with Crippen molar-refractivity contribution in [1.29, 1.82) is 0 Å². The molecule has 1 aliphatic heterocycles. The number of nitro benzene ring substituents is 1. The van der Waals surface area contributed by atoms with Crippen molar-refractivity contribution in [2.75, 3.05) is 0 Å². The van der Waals surface area contributed by atoms with Crippen molar-refractivity contribution in [2.45, 2.75) is 6.17 Å². The summed E-state index contributed by atoms with van der Waals surface area (Å²) in [5.74, 6) is 5.78. The number of hydrogen-bond donors (Lipinski definition) is 4. The Hall–Kier alpha value is -2.03. The van der Waals surface area contributed by atoms with Crippen LogP contribution < -0.4 is 23.0 Å². The number of benzene rings is 1. The van der Waals surface area contributed by atoms with Gasteiger partial charge in [0.2, 0.25) is 0 Å². The van der Waals surface area contributed by atoms with E-state index in [-0.39, 0.29) is 29.6 Å². The zero-order valence-corrected chi connectivity index (χ0v) is 10.1. The normalized spacial score (nSPS) is 18.1. The van der Waals surface area contributed by atoms with E-state index in [4.69, 9.17) is 23.0 Å². The third-order valence-electron chi connectivity index (χ3n) is 2.71. The summed E-state index contributed by atoms with van der Waals surface area (Å²) >= 11 is 0. The fourth-order valence-corrected chi connectivity index (χ4v) is 1.73. The van der Waals surface area contributed by atoms with Gasteiger partial charge in [0, 0.05) is 23.3 Å². The van der Waals surface area contributed by atoms with Crippen molar-refractivity contribution in [3.05, 3.63) is 45.3 Å². The number of hydrogen-bond acceptors (Lipinski definition) is 7. The van der Waals surface area contributed by atoms with Gasteiger partial charge in [-0.3, -0.25) is 15.1 Å². The van der Waals surface area contributed by atoms with Crippen LogP contribution in [0.4, 0.5) is 5.69 Å². The lowest BCUT2D eigenvalue weighted by atomic mass is 9.98. The highest BCUT2D eigenvalue weighted by Gasteiger charge is 2.28. The van der Waals surface area contributed by atoms with Gasteiger partial charge in [-0.15, -0.1) is 12.4 Å². The zero-order chi connectivity index (χ0) is 12.7. The Bertz CT molecular complexity index is 532. The van der Waals surface area contributed by atoms with Crippen LogP contribution in [0.3, 0.4) is 0 Å². The molecule has 0 spiro atoms. The Morgan fingerprint density at radius 1 is 1.33 bits per heavy atom. The first-order valence-corrected chi connectivity index (χ1v) is 4.77. The first-order valence-electron chi connectivity index (χ1n) is 4.77. The van der Waals surface area contributed by atoms with Crippen molar-refractivity contribution in [1.82, 2.24) is 5.01 Å². The number of non-ortho nitro benzene ring substituents is 1. The van der Waals surface area contributed by atoms with E-state index in [0.717, 1.165) is 5.01 Å². The predicted molar refractivity (Wildman–Crippen MR) is 68.6 cm³/mol. The highest BCUT2D eigenvalue weighted by Crippen LogP contribution is 2.32. The zero-order valence-electron chi connectivity index (χ0n) is 9.24. The van der Waals surface area contributed by atoms with E-state index in [1.807, 2.05) is 0 Å². The quantitative estimate of drug-likeness (QED) is 0.311.